The predicted molar refractivity (Wildman–Crippen MR) is 65.0 cm³/mol. The molecular weight excluding hydrogens is 196 g/mol. The lowest BCUT2D eigenvalue weighted by Crippen LogP contribution is -1.91. The van der Waals surface area contributed by atoms with Crippen molar-refractivity contribution in [1.82, 2.24) is 9.55 Å². The van der Waals surface area contributed by atoms with E-state index in [0.717, 1.165) is 22.4 Å². The summed E-state index contributed by atoms with van der Waals surface area (Å²) >= 11 is 0. The van der Waals surface area contributed by atoms with E-state index in [4.69, 9.17) is 0 Å². The fraction of sp³-hybridized carbons (Fsp3) is 0.0714. The summed E-state index contributed by atoms with van der Waals surface area (Å²) in [6, 6.07) is 19.3. The van der Waals surface area contributed by atoms with Crippen LogP contribution in [0.2, 0.25) is 0 Å². The molecule has 2 aromatic carbocycles. The molecule has 0 saturated carbocycles. The van der Waals surface area contributed by atoms with Crippen molar-refractivity contribution in [2.24, 2.45) is 7.05 Å². The number of hydrogen-bond donors (Lipinski definition) is 0. The van der Waals surface area contributed by atoms with Crippen molar-refractivity contribution in [1.29, 1.82) is 0 Å². The zero-order chi connectivity index (χ0) is 11.0. The zero-order valence-corrected chi connectivity index (χ0v) is 9.01. The number of fused-ring (bicyclic) bond motifs is 1. The van der Waals surface area contributed by atoms with Crippen LogP contribution in [0, 0.1) is 6.07 Å². The normalized spacial score (nSPS) is 10.8. The van der Waals surface area contributed by atoms with Crippen molar-refractivity contribution in [3.8, 4) is 11.4 Å². The maximum atomic E-state index is 4.61. The van der Waals surface area contributed by atoms with Crippen molar-refractivity contribution >= 4 is 11.0 Å². The first kappa shape index (κ1) is 9.16. The molecule has 0 saturated heterocycles. The van der Waals surface area contributed by atoms with Gasteiger partial charge in [-0.05, 0) is 18.2 Å². The highest BCUT2D eigenvalue weighted by atomic mass is 15.1. The van der Waals surface area contributed by atoms with E-state index in [1.165, 1.54) is 0 Å². The molecule has 3 aromatic rings. The van der Waals surface area contributed by atoms with Crippen LogP contribution in [-0.2, 0) is 7.05 Å². The average Bonchev–Trinajstić information content (AvgIpc) is 2.69. The summed E-state index contributed by atoms with van der Waals surface area (Å²) in [4.78, 5) is 4.61. The van der Waals surface area contributed by atoms with Crippen LogP contribution in [0.15, 0.2) is 48.5 Å². The van der Waals surface area contributed by atoms with Crippen LogP contribution in [-0.4, -0.2) is 9.55 Å². The molecule has 1 aromatic heterocycles. The minimum atomic E-state index is 0.960. The van der Waals surface area contributed by atoms with Crippen LogP contribution in [0.3, 0.4) is 0 Å². The standard InChI is InChI=1S/C14H11N2/c1-16-13-10-6-5-9-12(13)15-14(16)11-7-3-2-4-8-11/h2-7,9-10H,1H3. The maximum absolute atomic E-state index is 4.61. The Morgan fingerprint density at radius 2 is 1.88 bits per heavy atom. The predicted octanol–water partition coefficient (Wildman–Crippen LogP) is 3.04. The summed E-state index contributed by atoms with van der Waals surface area (Å²) in [5.74, 6) is 0.960. The Morgan fingerprint density at radius 1 is 1.06 bits per heavy atom. The molecule has 0 N–H and O–H groups in total. The Balaban J connectivity index is 2.29. The van der Waals surface area contributed by atoms with Gasteiger partial charge in [0.15, 0.2) is 0 Å². The van der Waals surface area contributed by atoms with Crippen LogP contribution < -0.4 is 0 Å². The second-order valence-electron chi connectivity index (χ2n) is 3.76. The first-order chi connectivity index (χ1) is 7.86. The summed E-state index contributed by atoms with van der Waals surface area (Å²) < 4.78 is 2.10. The van der Waals surface area contributed by atoms with Gasteiger partial charge in [-0.2, -0.15) is 0 Å². The van der Waals surface area contributed by atoms with E-state index < -0.39 is 0 Å². The fourth-order valence-corrected chi connectivity index (χ4v) is 1.92. The minimum Gasteiger partial charge on any atom is -0.327 e. The van der Waals surface area contributed by atoms with Gasteiger partial charge in [-0.1, -0.05) is 36.4 Å². The molecule has 77 valence electrons. The van der Waals surface area contributed by atoms with Crippen LogP contribution in [0.25, 0.3) is 22.4 Å². The fourth-order valence-electron chi connectivity index (χ4n) is 1.92. The van der Waals surface area contributed by atoms with Crippen LogP contribution in [0.1, 0.15) is 0 Å². The van der Waals surface area contributed by atoms with E-state index >= 15 is 0 Å². The van der Waals surface area contributed by atoms with Gasteiger partial charge in [-0.25, -0.2) is 4.98 Å². The molecule has 0 atom stereocenters. The van der Waals surface area contributed by atoms with Crippen LogP contribution in [0.5, 0.6) is 0 Å². The molecule has 1 radical (unpaired) electrons. The Morgan fingerprint density at radius 3 is 2.62 bits per heavy atom. The lowest BCUT2D eigenvalue weighted by Gasteiger charge is -2.00. The number of para-hydroxylation sites is 2. The summed E-state index contributed by atoms with van der Waals surface area (Å²) in [5, 5.41) is 0. The molecule has 1 heterocycles. The Bertz CT molecular complexity index is 624. The second-order valence-corrected chi connectivity index (χ2v) is 3.76. The molecule has 3 rings (SSSR count). The van der Waals surface area contributed by atoms with Crippen molar-refractivity contribution < 1.29 is 0 Å². The topological polar surface area (TPSA) is 17.8 Å². The molecule has 0 bridgehead atoms. The first-order valence-electron chi connectivity index (χ1n) is 5.25. The van der Waals surface area contributed by atoms with Crippen molar-refractivity contribution in [2.75, 3.05) is 0 Å². The molecule has 2 nitrogen and oxygen atoms in total. The summed E-state index contributed by atoms with van der Waals surface area (Å²) in [6.07, 6.45) is 0. The van der Waals surface area contributed by atoms with E-state index in [-0.39, 0.29) is 0 Å². The Kier molecular flexibility index (Phi) is 2.00. The average molecular weight is 207 g/mol. The van der Waals surface area contributed by atoms with Gasteiger partial charge in [0.05, 0.1) is 11.0 Å². The SMILES string of the molecule is Cn1c(-c2[c]cccc2)nc2ccccc21. The molecule has 0 aliphatic rings. The third-order valence-corrected chi connectivity index (χ3v) is 2.74. The third kappa shape index (κ3) is 1.31. The van der Waals surface area contributed by atoms with Gasteiger partial charge in [-0.15, -0.1) is 0 Å². The van der Waals surface area contributed by atoms with E-state index in [1.807, 2.05) is 49.5 Å². The molecule has 2 heteroatoms. The monoisotopic (exact) mass is 207 g/mol. The van der Waals surface area contributed by atoms with Crippen LogP contribution >= 0.6 is 0 Å². The maximum Gasteiger partial charge on any atom is 0.141 e. The summed E-state index contributed by atoms with van der Waals surface area (Å²) in [7, 11) is 2.03. The molecule has 0 spiro atoms. The van der Waals surface area contributed by atoms with Gasteiger partial charge >= 0.3 is 0 Å². The van der Waals surface area contributed by atoms with Crippen molar-refractivity contribution in [3.05, 3.63) is 54.6 Å². The number of benzene rings is 2. The van der Waals surface area contributed by atoms with Gasteiger partial charge in [0.1, 0.15) is 5.82 Å². The quantitative estimate of drug-likeness (QED) is 0.599. The largest absolute Gasteiger partial charge is 0.327 e. The highest BCUT2D eigenvalue weighted by Crippen LogP contribution is 2.22. The molecule has 0 amide bonds. The number of aryl methyl sites for hydroxylation is 1. The minimum absolute atomic E-state index is 0.960. The lowest BCUT2D eigenvalue weighted by atomic mass is 10.2. The van der Waals surface area contributed by atoms with E-state index in [2.05, 4.69) is 21.7 Å². The molecule has 16 heavy (non-hydrogen) atoms. The number of imidazole rings is 1. The number of nitrogens with zero attached hydrogens (tertiary/aromatic N) is 2. The smallest absolute Gasteiger partial charge is 0.141 e. The molecule has 0 unspecified atom stereocenters. The van der Waals surface area contributed by atoms with Gasteiger partial charge in [0.25, 0.3) is 0 Å². The van der Waals surface area contributed by atoms with Crippen LogP contribution in [0.4, 0.5) is 0 Å². The van der Waals surface area contributed by atoms with E-state index in [9.17, 15) is 0 Å². The highest BCUT2D eigenvalue weighted by molar-refractivity contribution is 5.80. The molecule has 0 aliphatic heterocycles. The first-order valence-corrected chi connectivity index (χ1v) is 5.25. The van der Waals surface area contributed by atoms with E-state index in [0.29, 0.717) is 0 Å². The highest BCUT2D eigenvalue weighted by Gasteiger charge is 2.08. The van der Waals surface area contributed by atoms with Gasteiger partial charge in [0.2, 0.25) is 0 Å². The summed E-state index contributed by atoms with van der Waals surface area (Å²) in [5.41, 5.74) is 3.20. The van der Waals surface area contributed by atoms with Gasteiger partial charge < -0.3 is 4.57 Å². The van der Waals surface area contributed by atoms with Gasteiger partial charge in [0, 0.05) is 12.6 Å². The van der Waals surface area contributed by atoms with Crippen molar-refractivity contribution in [2.45, 2.75) is 0 Å². The number of rotatable bonds is 1. The zero-order valence-electron chi connectivity index (χ0n) is 9.01. The molecule has 0 fully saturated rings. The summed E-state index contributed by atoms with van der Waals surface area (Å²) in [6.45, 7) is 0. The lowest BCUT2D eigenvalue weighted by molar-refractivity contribution is 0.959. The van der Waals surface area contributed by atoms with E-state index in [1.54, 1.807) is 0 Å². The number of aromatic nitrogens is 2. The molecular formula is C14H11N2. The van der Waals surface area contributed by atoms with Crippen molar-refractivity contribution in [3.63, 3.8) is 0 Å². The number of hydrogen-bond acceptors (Lipinski definition) is 1. The Labute approximate surface area is 94.2 Å². The second kappa shape index (κ2) is 3.49. The molecule has 0 aliphatic carbocycles. The third-order valence-electron chi connectivity index (χ3n) is 2.74. The van der Waals surface area contributed by atoms with Gasteiger partial charge in [-0.3, -0.25) is 0 Å². The Hall–Kier alpha value is -2.09.